The van der Waals surface area contributed by atoms with Crippen molar-refractivity contribution in [2.75, 3.05) is 0 Å². The summed E-state index contributed by atoms with van der Waals surface area (Å²) in [6.07, 6.45) is 0. The predicted molar refractivity (Wildman–Crippen MR) is 284 cm³/mol. The van der Waals surface area contributed by atoms with Crippen molar-refractivity contribution in [2.45, 2.75) is 0 Å². The summed E-state index contributed by atoms with van der Waals surface area (Å²) in [6.45, 7) is 0. The van der Waals surface area contributed by atoms with Gasteiger partial charge in [-0.25, -0.2) is 4.98 Å². The molecule has 0 aliphatic rings. The van der Waals surface area contributed by atoms with E-state index in [4.69, 9.17) is 15.0 Å². The molecular weight excluding hydrogens is 827 g/mol. The van der Waals surface area contributed by atoms with Crippen molar-refractivity contribution in [3.05, 3.63) is 224 Å². The second-order valence-corrected chi connectivity index (χ2v) is 17.8. The van der Waals surface area contributed by atoms with Crippen LogP contribution in [0.1, 0.15) is 0 Å². The number of hydrogen-bond donors (Lipinski definition) is 0. The highest BCUT2D eigenvalue weighted by Crippen LogP contribution is 2.46. The molecule has 0 amide bonds. The van der Waals surface area contributed by atoms with Gasteiger partial charge >= 0.3 is 0 Å². The van der Waals surface area contributed by atoms with Crippen LogP contribution in [0.3, 0.4) is 0 Å². The summed E-state index contributed by atoms with van der Waals surface area (Å²) < 4.78 is 4.81. The van der Waals surface area contributed by atoms with Gasteiger partial charge < -0.3 is 4.57 Å². The smallest absolute Gasteiger partial charge is 0.238 e. The van der Waals surface area contributed by atoms with E-state index in [9.17, 15) is 0 Å². The van der Waals surface area contributed by atoms with E-state index in [1.807, 2.05) is 6.07 Å². The number of hydrogen-bond acceptors (Lipinski definition) is 3. The average Bonchev–Trinajstić information content (AvgIpc) is 3.94. The second kappa shape index (κ2) is 14.2. The average molecular weight is 864 g/mol. The van der Waals surface area contributed by atoms with Crippen LogP contribution >= 0.6 is 0 Å². The summed E-state index contributed by atoms with van der Waals surface area (Å²) in [5, 5.41) is 19.1. The highest BCUT2D eigenvalue weighted by molar-refractivity contribution is 6.30. The first kappa shape index (κ1) is 37.1. The van der Waals surface area contributed by atoms with Gasteiger partial charge in [-0.1, -0.05) is 206 Å². The number of rotatable bonds is 4. The molecule has 15 rings (SSSR count). The van der Waals surface area contributed by atoms with Crippen molar-refractivity contribution < 1.29 is 0 Å². The van der Waals surface area contributed by atoms with Gasteiger partial charge in [-0.3, -0.25) is 4.57 Å². The second-order valence-electron chi connectivity index (χ2n) is 17.8. The Bertz CT molecular complexity index is 4530. The largest absolute Gasteiger partial charge is 0.307 e. The summed E-state index contributed by atoms with van der Waals surface area (Å²) in [7, 11) is 0. The third-order valence-corrected chi connectivity index (χ3v) is 14.3. The minimum atomic E-state index is 0.556. The van der Waals surface area contributed by atoms with E-state index in [0.717, 1.165) is 60.4 Å². The zero-order valence-corrected chi connectivity index (χ0v) is 36.6. The lowest BCUT2D eigenvalue weighted by Gasteiger charge is -2.17. The van der Waals surface area contributed by atoms with Crippen LogP contribution in [0.15, 0.2) is 224 Å². The molecule has 0 unspecified atom stereocenters. The van der Waals surface area contributed by atoms with Crippen molar-refractivity contribution in [1.29, 1.82) is 0 Å². The molecule has 0 atom stereocenters. The van der Waals surface area contributed by atoms with Crippen LogP contribution < -0.4 is 0 Å². The van der Waals surface area contributed by atoms with E-state index in [2.05, 4.69) is 228 Å². The zero-order valence-electron chi connectivity index (χ0n) is 36.6. The minimum Gasteiger partial charge on any atom is -0.307 e. The molecule has 0 aliphatic heterocycles. The lowest BCUT2D eigenvalue weighted by Crippen LogP contribution is -2.07. The highest BCUT2D eigenvalue weighted by Gasteiger charge is 2.25. The first-order valence-corrected chi connectivity index (χ1v) is 23.2. The molecule has 3 aromatic heterocycles. The van der Waals surface area contributed by atoms with Gasteiger partial charge in [0.1, 0.15) is 0 Å². The fourth-order valence-corrected chi connectivity index (χ4v) is 11.5. The Morgan fingerprint density at radius 1 is 0.250 bits per heavy atom. The third-order valence-electron chi connectivity index (χ3n) is 14.3. The van der Waals surface area contributed by atoms with E-state index in [1.54, 1.807) is 0 Å². The predicted octanol–water partition coefficient (Wildman–Crippen LogP) is 16.3. The topological polar surface area (TPSA) is 48.5 Å². The standard InChI is InChI=1S/C63H37N5/c1-2-18-38(19-3-1)61-64-62(53-32-16-30-48-42-22-6-4-20-39(42)41-23-8-10-28-47(41)57(48)53)66-63(65-61)68-55-34-15-13-27-46(55)52-37-36-51-45-26-12-14-33-54(45)67(59(51)60(52)68)56-35-17-31-50-44-24-7-5-21-40(44)43-25-9-11-29-49(43)58(50)56/h1-37H. The van der Waals surface area contributed by atoms with Gasteiger partial charge in [-0.2, -0.15) is 9.97 Å². The first-order chi connectivity index (χ1) is 33.8. The number of para-hydroxylation sites is 2. The summed E-state index contributed by atoms with van der Waals surface area (Å²) >= 11 is 0. The molecular formula is C63H37N5. The quantitative estimate of drug-likeness (QED) is 0.166. The van der Waals surface area contributed by atoms with Crippen LogP contribution in [0.4, 0.5) is 0 Å². The molecule has 0 bridgehead atoms. The Morgan fingerprint density at radius 2 is 0.647 bits per heavy atom. The molecule has 0 N–H and O–H groups in total. The maximum Gasteiger partial charge on any atom is 0.238 e. The van der Waals surface area contributed by atoms with Crippen LogP contribution in [0.25, 0.3) is 143 Å². The molecule has 5 heteroatoms. The molecule has 15 aromatic rings. The molecule has 3 heterocycles. The fraction of sp³-hybridized carbons (Fsp3) is 0. The maximum atomic E-state index is 5.63. The normalized spacial score (nSPS) is 12.1. The Labute approximate surface area is 389 Å². The van der Waals surface area contributed by atoms with Gasteiger partial charge in [0.15, 0.2) is 11.6 Å². The minimum absolute atomic E-state index is 0.556. The van der Waals surface area contributed by atoms with Crippen LogP contribution in [-0.2, 0) is 0 Å². The lowest BCUT2D eigenvalue weighted by atomic mass is 9.91. The van der Waals surface area contributed by atoms with Crippen molar-refractivity contribution in [1.82, 2.24) is 24.1 Å². The van der Waals surface area contributed by atoms with Crippen molar-refractivity contribution in [3.8, 4) is 34.4 Å². The van der Waals surface area contributed by atoms with Crippen molar-refractivity contribution >= 4 is 108 Å². The van der Waals surface area contributed by atoms with Gasteiger partial charge in [0.05, 0.1) is 27.8 Å². The van der Waals surface area contributed by atoms with Crippen LogP contribution in [0, 0.1) is 0 Å². The van der Waals surface area contributed by atoms with E-state index in [-0.39, 0.29) is 0 Å². The first-order valence-electron chi connectivity index (χ1n) is 23.2. The van der Waals surface area contributed by atoms with E-state index in [1.165, 1.54) is 64.6 Å². The molecule has 12 aromatic carbocycles. The van der Waals surface area contributed by atoms with Gasteiger partial charge in [-0.05, 0) is 72.1 Å². The third kappa shape index (κ3) is 5.13. The lowest BCUT2D eigenvalue weighted by molar-refractivity contribution is 0.954. The molecule has 0 saturated heterocycles. The van der Waals surface area contributed by atoms with E-state index < -0.39 is 0 Å². The summed E-state index contributed by atoms with van der Waals surface area (Å²) in [6, 6.07) is 80.9. The van der Waals surface area contributed by atoms with Gasteiger partial charge in [0.2, 0.25) is 5.95 Å². The molecule has 68 heavy (non-hydrogen) atoms. The molecule has 0 spiro atoms. The monoisotopic (exact) mass is 863 g/mol. The van der Waals surface area contributed by atoms with Gasteiger partial charge in [0, 0.05) is 43.4 Å². The molecule has 0 radical (unpaired) electrons. The van der Waals surface area contributed by atoms with Crippen molar-refractivity contribution in [3.63, 3.8) is 0 Å². The molecule has 5 nitrogen and oxygen atoms in total. The Kier molecular flexibility index (Phi) is 7.72. The maximum absolute atomic E-state index is 5.63. The van der Waals surface area contributed by atoms with Gasteiger partial charge in [0.25, 0.3) is 0 Å². The number of aromatic nitrogens is 5. The number of benzene rings is 12. The summed E-state index contributed by atoms with van der Waals surface area (Å²) in [5.74, 6) is 1.78. The van der Waals surface area contributed by atoms with Crippen LogP contribution in [0.5, 0.6) is 0 Å². The Morgan fingerprint density at radius 3 is 1.21 bits per heavy atom. The zero-order chi connectivity index (χ0) is 44.5. The van der Waals surface area contributed by atoms with Gasteiger partial charge in [-0.15, -0.1) is 0 Å². The molecule has 0 saturated carbocycles. The van der Waals surface area contributed by atoms with Crippen LogP contribution in [-0.4, -0.2) is 24.1 Å². The van der Waals surface area contributed by atoms with Crippen molar-refractivity contribution in [2.24, 2.45) is 0 Å². The Hall–Kier alpha value is -9.19. The van der Waals surface area contributed by atoms with E-state index >= 15 is 0 Å². The molecule has 0 aliphatic carbocycles. The number of nitrogens with zero attached hydrogens (tertiary/aromatic N) is 5. The van der Waals surface area contributed by atoms with E-state index in [0.29, 0.717) is 17.6 Å². The number of fused-ring (bicyclic) bond motifs is 19. The fourth-order valence-electron chi connectivity index (χ4n) is 11.5. The SMILES string of the molecule is c1ccc(-c2nc(-c3cccc4c5ccccc5c5ccccc5c34)nc(-n3c4ccccc4c4ccc5c6ccccc6n(-c6cccc7c8ccccc8c8ccccc8c67)c5c43)n2)cc1. The molecule has 0 fully saturated rings. The Balaban J connectivity index is 1.11. The highest BCUT2D eigenvalue weighted by atomic mass is 15.2. The molecule has 314 valence electrons. The summed E-state index contributed by atoms with van der Waals surface area (Å²) in [5.41, 5.74) is 7.28. The summed E-state index contributed by atoms with van der Waals surface area (Å²) in [4.78, 5) is 16.5. The van der Waals surface area contributed by atoms with Crippen LogP contribution in [0.2, 0.25) is 0 Å².